The standard InChI is InChI=1S/C18H25N5O2S/c1-3-14(17(25)22-9-7-5-6-8-10-22)23-12-20-15-13(16(23)24)11-19-18(21-15)26-4-2/h11-12,14H,3-10H2,1-2H3/t14-/m0/s1. The summed E-state index contributed by atoms with van der Waals surface area (Å²) in [6, 6.07) is -0.526. The average Bonchev–Trinajstić information content (AvgIpc) is 2.94. The molecule has 1 atom stereocenters. The van der Waals surface area contributed by atoms with E-state index in [-0.39, 0.29) is 11.5 Å². The van der Waals surface area contributed by atoms with E-state index in [1.54, 1.807) is 0 Å². The lowest BCUT2D eigenvalue weighted by molar-refractivity contribution is -0.135. The van der Waals surface area contributed by atoms with Crippen LogP contribution in [0.5, 0.6) is 0 Å². The van der Waals surface area contributed by atoms with Crippen molar-refractivity contribution in [1.29, 1.82) is 0 Å². The normalized spacial score (nSPS) is 16.5. The summed E-state index contributed by atoms with van der Waals surface area (Å²) < 4.78 is 1.45. The van der Waals surface area contributed by atoms with Crippen LogP contribution >= 0.6 is 11.8 Å². The van der Waals surface area contributed by atoms with Crippen molar-refractivity contribution in [1.82, 2.24) is 24.4 Å². The minimum absolute atomic E-state index is 0.0109. The van der Waals surface area contributed by atoms with Crippen LogP contribution in [0.15, 0.2) is 22.5 Å². The maximum Gasteiger partial charge on any atom is 0.265 e. The predicted molar refractivity (Wildman–Crippen MR) is 102 cm³/mol. The fourth-order valence-corrected chi connectivity index (χ4v) is 3.86. The first-order valence-corrected chi connectivity index (χ1v) is 10.3. The highest BCUT2D eigenvalue weighted by Crippen LogP contribution is 2.19. The molecule has 2 aromatic heterocycles. The average molecular weight is 375 g/mol. The van der Waals surface area contributed by atoms with E-state index in [0.29, 0.717) is 22.6 Å². The number of nitrogens with zero attached hydrogens (tertiary/aromatic N) is 5. The maximum absolute atomic E-state index is 13.0. The summed E-state index contributed by atoms with van der Waals surface area (Å²) >= 11 is 1.50. The number of hydrogen-bond acceptors (Lipinski definition) is 6. The van der Waals surface area contributed by atoms with Crippen molar-refractivity contribution >= 4 is 28.7 Å². The van der Waals surface area contributed by atoms with Crippen LogP contribution in [0.1, 0.15) is 52.0 Å². The van der Waals surface area contributed by atoms with Crippen molar-refractivity contribution in [3.8, 4) is 0 Å². The third-order valence-electron chi connectivity index (χ3n) is 4.71. The summed E-state index contributed by atoms with van der Waals surface area (Å²) in [6.45, 7) is 5.48. The highest BCUT2D eigenvalue weighted by molar-refractivity contribution is 7.99. The van der Waals surface area contributed by atoms with Crippen molar-refractivity contribution in [3.63, 3.8) is 0 Å². The zero-order valence-electron chi connectivity index (χ0n) is 15.3. The van der Waals surface area contributed by atoms with E-state index in [0.717, 1.165) is 44.5 Å². The van der Waals surface area contributed by atoms with E-state index < -0.39 is 6.04 Å². The fourth-order valence-electron chi connectivity index (χ4n) is 3.33. The third-order valence-corrected chi connectivity index (χ3v) is 5.46. The number of fused-ring (bicyclic) bond motifs is 1. The SMILES string of the molecule is CCSc1ncc2c(=O)n([C@@H](CC)C(=O)N3CCCCCC3)cnc2n1. The first-order valence-electron chi connectivity index (χ1n) is 9.31. The van der Waals surface area contributed by atoms with Gasteiger partial charge in [0.15, 0.2) is 10.8 Å². The number of carbonyl (C=O) groups excluding carboxylic acids is 1. The Morgan fingerprint density at radius 2 is 1.92 bits per heavy atom. The molecule has 0 N–H and O–H groups in total. The van der Waals surface area contributed by atoms with Crippen molar-refractivity contribution < 1.29 is 4.79 Å². The molecule has 0 bridgehead atoms. The van der Waals surface area contributed by atoms with Gasteiger partial charge >= 0.3 is 0 Å². The van der Waals surface area contributed by atoms with Crippen LogP contribution < -0.4 is 5.56 Å². The van der Waals surface area contributed by atoms with E-state index in [1.807, 2.05) is 18.7 Å². The number of aromatic nitrogens is 4. The second-order valence-electron chi connectivity index (χ2n) is 6.44. The Bertz CT molecular complexity index is 830. The molecular weight excluding hydrogens is 350 g/mol. The van der Waals surface area contributed by atoms with E-state index in [9.17, 15) is 9.59 Å². The maximum atomic E-state index is 13.0. The summed E-state index contributed by atoms with van der Waals surface area (Å²) in [5.41, 5.74) is 0.132. The molecule has 0 spiro atoms. The predicted octanol–water partition coefficient (Wildman–Crippen LogP) is 2.65. The summed E-state index contributed by atoms with van der Waals surface area (Å²) in [5, 5.41) is 0.965. The minimum atomic E-state index is -0.526. The molecule has 0 unspecified atom stereocenters. The molecule has 0 radical (unpaired) electrons. The van der Waals surface area contributed by atoms with Gasteiger partial charge in [0.1, 0.15) is 17.8 Å². The van der Waals surface area contributed by atoms with Gasteiger partial charge in [0, 0.05) is 19.3 Å². The molecule has 1 aliphatic heterocycles. The van der Waals surface area contributed by atoms with Crippen LogP contribution in [0.3, 0.4) is 0 Å². The van der Waals surface area contributed by atoms with Gasteiger partial charge < -0.3 is 4.90 Å². The molecule has 7 nitrogen and oxygen atoms in total. The van der Waals surface area contributed by atoms with E-state index in [4.69, 9.17) is 0 Å². The third kappa shape index (κ3) is 3.90. The Morgan fingerprint density at radius 3 is 2.58 bits per heavy atom. The molecule has 1 aliphatic rings. The van der Waals surface area contributed by atoms with Gasteiger partial charge in [0.2, 0.25) is 5.91 Å². The van der Waals surface area contributed by atoms with Gasteiger partial charge in [-0.1, -0.05) is 38.5 Å². The zero-order chi connectivity index (χ0) is 18.5. The lowest BCUT2D eigenvalue weighted by Gasteiger charge is -2.26. The Hall–Kier alpha value is -1.96. The highest BCUT2D eigenvalue weighted by atomic mass is 32.2. The molecule has 3 heterocycles. The van der Waals surface area contributed by atoms with E-state index >= 15 is 0 Å². The minimum Gasteiger partial charge on any atom is -0.341 e. The lowest BCUT2D eigenvalue weighted by atomic mass is 10.1. The molecular formula is C18H25N5O2S. The van der Waals surface area contributed by atoms with Crippen LogP contribution in [0.2, 0.25) is 0 Å². The Morgan fingerprint density at radius 1 is 1.19 bits per heavy atom. The number of rotatable bonds is 5. The lowest BCUT2D eigenvalue weighted by Crippen LogP contribution is -2.40. The molecule has 0 aliphatic carbocycles. The number of amides is 1. The largest absolute Gasteiger partial charge is 0.341 e. The first kappa shape index (κ1) is 18.8. The number of carbonyl (C=O) groups is 1. The van der Waals surface area contributed by atoms with Crippen LogP contribution in [0.4, 0.5) is 0 Å². The quantitative estimate of drug-likeness (QED) is 0.590. The van der Waals surface area contributed by atoms with Crippen molar-refractivity contribution in [3.05, 3.63) is 22.9 Å². The highest BCUT2D eigenvalue weighted by Gasteiger charge is 2.26. The van der Waals surface area contributed by atoms with Gasteiger partial charge in [-0.25, -0.2) is 15.0 Å². The van der Waals surface area contributed by atoms with Crippen molar-refractivity contribution in [2.75, 3.05) is 18.8 Å². The Labute approximate surface area is 157 Å². The number of hydrogen-bond donors (Lipinski definition) is 0. The molecule has 26 heavy (non-hydrogen) atoms. The van der Waals surface area contributed by atoms with Gasteiger partial charge in [0.25, 0.3) is 5.56 Å². The van der Waals surface area contributed by atoms with Crippen LogP contribution in [0, 0.1) is 0 Å². The van der Waals surface area contributed by atoms with Crippen molar-refractivity contribution in [2.45, 2.75) is 57.1 Å². The zero-order valence-corrected chi connectivity index (χ0v) is 16.2. The smallest absolute Gasteiger partial charge is 0.265 e. The molecule has 140 valence electrons. The Kier molecular flexibility index (Phi) is 6.24. The summed E-state index contributed by atoms with van der Waals surface area (Å²) in [6.07, 6.45) is 7.91. The van der Waals surface area contributed by atoms with Gasteiger partial charge in [-0.3, -0.25) is 14.2 Å². The fraction of sp³-hybridized carbons (Fsp3) is 0.611. The molecule has 1 amide bonds. The van der Waals surface area contributed by atoms with Crippen LogP contribution in [0.25, 0.3) is 11.0 Å². The van der Waals surface area contributed by atoms with Gasteiger partial charge in [0.05, 0.1) is 0 Å². The van der Waals surface area contributed by atoms with Gasteiger partial charge in [-0.2, -0.15) is 0 Å². The van der Waals surface area contributed by atoms with Crippen LogP contribution in [-0.4, -0.2) is 49.2 Å². The summed E-state index contributed by atoms with van der Waals surface area (Å²) in [4.78, 5) is 40.7. The van der Waals surface area contributed by atoms with Gasteiger partial charge in [-0.15, -0.1) is 0 Å². The molecule has 8 heteroatoms. The van der Waals surface area contributed by atoms with Crippen molar-refractivity contribution in [2.24, 2.45) is 0 Å². The van der Waals surface area contributed by atoms with Gasteiger partial charge in [-0.05, 0) is 25.0 Å². The second-order valence-corrected chi connectivity index (χ2v) is 7.67. The Balaban J connectivity index is 1.94. The first-order chi connectivity index (χ1) is 12.7. The van der Waals surface area contributed by atoms with E-state index in [1.165, 1.54) is 28.9 Å². The molecule has 1 fully saturated rings. The molecule has 0 saturated carbocycles. The summed E-state index contributed by atoms with van der Waals surface area (Å²) in [7, 11) is 0. The molecule has 3 rings (SSSR count). The second kappa shape index (κ2) is 8.62. The summed E-state index contributed by atoms with van der Waals surface area (Å²) in [5.74, 6) is 0.863. The molecule has 0 aromatic carbocycles. The van der Waals surface area contributed by atoms with E-state index in [2.05, 4.69) is 15.0 Å². The molecule has 1 saturated heterocycles. The number of likely N-dealkylation sites (tertiary alicyclic amines) is 1. The van der Waals surface area contributed by atoms with Crippen LogP contribution in [-0.2, 0) is 4.79 Å². The molecule has 2 aromatic rings. The number of thioether (sulfide) groups is 1. The topological polar surface area (TPSA) is 81.0 Å². The monoisotopic (exact) mass is 375 g/mol.